The molecule has 2 saturated heterocycles. The van der Waals surface area contributed by atoms with Crippen molar-refractivity contribution in [1.29, 1.82) is 0 Å². The van der Waals surface area contributed by atoms with E-state index in [0.717, 1.165) is 62.5 Å². The predicted octanol–water partition coefficient (Wildman–Crippen LogP) is 4.26. The number of alkyl halides is 3. The third-order valence-corrected chi connectivity index (χ3v) is 8.14. The number of nitrogens with zero attached hydrogens (tertiary/aromatic N) is 6. The monoisotopic (exact) mass is 557 g/mol. The standard InChI is InChI=1S/C28H34F3N7O2/c1-35-10-4-5-13-40-23-8-7-18(28(29,30)31)14-20(23)27(39)37-11-3-2-6-22(37)21-15-25-33-24(16-26(35)38(25)34-21)36-12-9-19(32)17-36/h7-8,14-16,19,22H,2-6,9-13,17,32H2,1H3. The third-order valence-electron chi connectivity index (χ3n) is 8.14. The van der Waals surface area contributed by atoms with Crippen molar-refractivity contribution in [2.45, 2.75) is 56.8 Å². The van der Waals surface area contributed by atoms with Gasteiger partial charge in [-0.25, -0.2) is 4.98 Å². The van der Waals surface area contributed by atoms with Gasteiger partial charge >= 0.3 is 6.18 Å². The molecule has 2 fully saturated rings. The van der Waals surface area contributed by atoms with E-state index in [1.54, 1.807) is 4.90 Å². The Labute approximate surface area is 230 Å². The van der Waals surface area contributed by atoms with Crippen LogP contribution in [0.4, 0.5) is 24.8 Å². The molecule has 2 N–H and O–H groups in total. The highest BCUT2D eigenvalue weighted by atomic mass is 19.4. The van der Waals surface area contributed by atoms with Gasteiger partial charge in [-0.05, 0) is 56.7 Å². The number of hydrogen-bond acceptors (Lipinski definition) is 7. The molecule has 3 aliphatic rings. The highest BCUT2D eigenvalue weighted by molar-refractivity contribution is 5.97. The number of hydrogen-bond donors (Lipinski definition) is 1. The molecule has 0 radical (unpaired) electrons. The van der Waals surface area contributed by atoms with Crippen molar-refractivity contribution in [3.8, 4) is 5.75 Å². The summed E-state index contributed by atoms with van der Waals surface area (Å²) in [6.45, 7) is 2.98. The van der Waals surface area contributed by atoms with Gasteiger partial charge in [-0.1, -0.05) is 0 Å². The largest absolute Gasteiger partial charge is 0.493 e. The van der Waals surface area contributed by atoms with Crippen molar-refractivity contribution in [2.24, 2.45) is 5.73 Å². The third kappa shape index (κ3) is 5.04. The van der Waals surface area contributed by atoms with Crippen LogP contribution in [0.15, 0.2) is 30.3 Å². The average molecular weight is 558 g/mol. The number of amides is 1. The molecule has 2 bridgehead atoms. The predicted molar refractivity (Wildman–Crippen MR) is 145 cm³/mol. The van der Waals surface area contributed by atoms with Crippen molar-refractivity contribution >= 4 is 23.2 Å². The van der Waals surface area contributed by atoms with Gasteiger partial charge in [0.2, 0.25) is 0 Å². The molecule has 1 aromatic carbocycles. The molecule has 2 atom stereocenters. The minimum atomic E-state index is -4.57. The molecule has 3 aliphatic heterocycles. The number of rotatable bonds is 1. The fourth-order valence-corrected chi connectivity index (χ4v) is 5.94. The maximum atomic E-state index is 13.9. The van der Waals surface area contributed by atoms with E-state index in [1.165, 1.54) is 6.07 Å². The lowest BCUT2D eigenvalue weighted by atomic mass is 9.97. The first-order valence-corrected chi connectivity index (χ1v) is 14.0. The second-order valence-electron chi connectivity index (χ2n) is 11.0. The summed E-state index contributed by atoms with van der Waals surface area (Å²) < 4.78 is 48.6. The maximum Gasteiger partial charge on any atom is 0.416 e. The SMILES string of the molecule is CN1CCCCOc2ccc(C(F)(F)F)cc2C(=O)N2CCCCC2c2cc3nc(N4CCC(N)C4)cc1n3n2. The van der Waals surface area contributed by atoms with Gasteiger partial charge in [-0.3, -0.25) is 4.79 Å². The minimum absolute atomic E-state index is 0.0658. The Hall–Kier alpha value is -3.54. The first-order chi connectivity index (χ1) is 19.2. The number of carbonyl (C=O) groups excluding carboxylic acids is 1. The van der Waals surface area contributed by atoms with Crippen LogP contribution >= 0.6 is 0 Å². The number of benzene rings is 1. The van der Waals surface area contributed by atoms with E-state index in [1.807, 2.05) is 23.7 Å². The van der Waals surface area contributed by atoms with E-state index in [4.69, 9.17) is 20.6 Å². The summed E-state index contributed by atoms with van der Waals surface area (Å²) in [7, 11) is 2.01. The Morgan fingerprint density at radius 1 is 1.02 bits per heavy atom. The second kappa shape index (κ2) is 10.5. The van der Waals surface area contributed by atoms with Crippen molar-refractivity contribution in [3.63, 3.8) is 0 Å². The second-order valence-corrected chi connectivity index (χ2v) is 11.0. The zero-order valence-electron chi connectivity index (χ0n) is 22.5. The summed E-state index contributed by atoms with van der Waals surface area (Å²) in [5.74, 6) is 1.42. The molecule has 1 amide bonds. The van der Waals surface area contributed by atoms with Crippen LogP contribution in [-0.2, 0) is 6.18 Å². The number of piperidine rings is 1. The number of aromatic nitrogens is 3. The lowest BCUT2D eigenvalue weighted by Crippen LogP contribution is -2.39. The summed E-state index contributed by atoms with van der Waals surface area (Å²) in [6.07, 6.45) is 0.0678. The van der Waals surface area contributed by atoms with Gasteiger partial charge in [-0.2, -0.15) is 22.8 Å². The normalized spacial score (nSPS) is 22.6. The van der Waals surface area contributed by atoms with E-state index < -0.39 is 23.7 Å². The van der Waals surface area contributed by atoms with E-state index in [9.17, 15) is 18.0 Å². The molecular formula is C28H34F3N7O2. The van der Waals surface area contributed by atoms with Crippen molar-refractivity contribution in [1.82, 2.24) is 19.5 Å². The number of halogens is 3. The van der Waals surface area contributed by atoms with Crippen molar-refractivity contribution in [3.05, 3.63) is 47.2 Å². The number of ether oxygens (including phenoxy) is 1. The molecule has 9 nitrogen and oxygen atoms in total. The zero-order valence-corrected chi connectivity index (χ0v) is 22.5. The highest BCUT2D eigenvalue weighted by Crippen LogP contribution is 2.37. The average Bonchev–Trinajstić information content (AvgIpc) is 3.57. The van der Waals surface area contributed by atoms with Gasteiger partial charge in [0.25, 0.3) is 5.91 Å². The Morgan fingerprint density at radius 3 is 2.62 bits per heavy atom. The molecule has 3 aromatic rings. The van der Waals surface area contributed by atoms with E-state index >= 15 is 0 Å². The van der Waals surface area contributed by atoms with Crippen molar-refractivity contribution in [2.75, 3.05) is 49.6 Å². The van der Waals surface area contributed by atoms with Crippen LogP contribution in [0.1, 0.15) is 66.2 Å². The lowest BCUT2D eigenvalue weighted by Gasteiger charge is -2.35. The first-order valence-electron chi connectivity index (χ1n) is 14.0. The van der Waals surface area contributed by atoms with Crippen LogP contribution < -0.4 is 20.3 Å². The summed E-state index contributed by atoms with van der Waals surface area (Å²) in [6, 6.07) is 6.82. The molecule has 0 saturated carbocycles. The Kier molecular flexibility index (Phi) is 6.97. The number of fused-ring (bicyclic) bond motifs is 4. The van der Waals surface area contributed by atoms with E-state index in [-0.39, 0.29) is 24.0 Å². The van der Waals surface area contributed by atoms with Crippen LogP contribution in [0.5, 0.6) is 5.75 Å². The fraction of sp³-hybridized carbons (Fsp3) is 0.536. The Balaban J connectivity index is 1.45. The molecule has 6 rings (SSSR count). The Morgan fingerprint density at radius 2 is 1.85 bits per heavy atom. The van der Waals surface area contributed by atoms with Crippen LogP contribution in [0.25, 0.3) is 5.65 Å². The highest BCUT2D eigenvalue weighted by Gasteiger charge is 2.36. The molecule has 214 valence electrons. The summed E-state index contributed by atoms with van der Waals surface area (Å²) in [5.41, 5.74) is 6.59. The van der Waals surface area contributed by atoms with Gasteiger partial charge in [0.15, 0.2) is 5.65 Å². The molecule has 12 heteroatoms. The number of carbonyl (C=O) groups is 1. The molecule has 5 heterocycles. The molecule has 2 unspecified atom stereocenters. The van der Waals surface area contributed by atoms with Crippen molar-refractivity contribution < 1.29 is 22.7 Å². The zero-order chi connectivity index (χ0) is 28.0. The van der Waals surface area contributed by atoms with Crippen LogP contribution in [0, 0.1) is 0 Å². The number of anilines is 2. The van der Waals surface area contributed by atoms with Crippen LogP contribution in [-0.4, -0.2) is 71.3 Å². The topological polar surface area (TPSA) is 92.2 Å². The van der Waals surface area contributed by atoms with Gasteiger partial charge < -0.3 is 25.2 Å². The van der Waals surface area contributed by atoms with Gasteiger partial charge in [0, 0.05) is 51.4 Å². The maximum absolute atomic E-state index is 13.9. The molecule has 2 aromatic heterocycles. The fourth-order valence-electron chi connectivity index (χ4n) is 5.94. The van der Waals surface area contributed by atoms with E-state index in [2.05, 4.69) is 9.80 Å². The lowest BCUT2D eigenvalue weighted by molar-refractivity contribution is -0.137. The van der Waals surface area contributed by atoms with E-state index in [0.29, 0.717) is 37.3 Å². The molecular weight excluding hydrogens is 523 g/mol. The summed E-state index contributed by atoms with van der Waals surface area (Å²) in [5, 5.41) is 4.93. The minimum Gasteiger partial charge on any atom is -0.493 e. The summed E-state index contributed by atoms with van der Waals surface area (Å²) in [4.78, 5) is 24.8. The van der Waals surface area contributed by atoms with Gasteiger partial charge in [0.05, 0.1) is 29.5 Å². The smallest absolute Gasteiger partial charge is 0.416 e. The molecule has 40 heavy (non-hydrogen) atoms. The number of nitrogens with two attached hydrogens (primary N) is 1. The van der Waals surface area contributed by atoms with Gasteiger partial charge in [0.1, 0.15) is 17.4 Å². The summed E-state index contributed by atoms with van der Waals surface area (Å²) >= 11 is 0. The molecule has 0 aliphatic carbocycles. The van der Waals surface area contributed by atoms with Crippen LogP contribution in [0.3, 0.4) is 0 Å². The van der Waals surface area contributed by atoms with Gasteiger partial charge in [-0.15, -0.1) is 0 Å². The first kappa shape index (κ1) is 26.7. The quantitative estimate of drug-likeness (QED) is 0.478. The van der Waals surface area contributed by atoms with Crippen LogP contribution in [0.2, 0.25) is 0 Å². The molecule has 0 spiro atoms. The Bertz CT molecular complexity index is 1410.